The average molecular weight is 468 g/mol. The van der Waals surface area contributed by atoms with Gasteiger partial charge in [0.1, 0.15) is 17.5 Å². The Morgan fingerprint density at radius 2 is 2.12 bits per heavy atom. The van der Waals surface area contributed by atoms with Crippen molar-refractivity contribution in [3.8, 4) is 0 Å². The van der Waals surface area contributed by atoms with Gasteiger partial charge in [0.05, 0.1) is 18.7 Å². The molecule has 2 aliphatic heterocycles. The monoisotopic (exact) mass is 467 g/mol. The van der Waals surface area contributed by atoms with Crippen LogP contribution in [0.5, 0.6) is 0 Å². The van der Waals surface area contributed by atoms with Gasteiger partial charge in [-0.1, -0.05) is 6.58 Å². The largest absolute Gasteiger partial charge is 0.384 e. The Kier molecular flexibility index (Phi) is 7.21. The van der Waals surface area contributed by atoms with Gasteiger partial charge in [-0.2, -0.15) is 0 Å². The van der Waals surface area contributed by atoms with E-state index >= 15 is 0 Å². The van der Waals surface area contributed by atoms with Crippen molar-refractivity contribution < 1.29 is 18.7 Å². The van der Waals surface area contributed by atoms with Gasteiger partial charge >= 0.3 is 0 Å². The predicted octanol–water partition coefficient (Wildman–Crippen LogP) is 3.25. The lowest BCUT2D eigenvalue weighted by Gasteiger charge is -2.32. The fourth-order valence-corrected chi connectivity index (χ4v) is 4.46. The minimum absolute atomic E-state index is 0.0471. The Bertz CT molecular complexity index is 1160. The van der Waals surface area contributed by atoms with E-state index in [0.29, 0.717) is 50.1 Å². The lowest BCUT2D eigenvalue weighted by molar-refractivity contribution is 0.0635. The molecule has 2 aromatic heterocycles. The number of ether oxygens (including phenoxy) is 1. The fraction of sp³-hybridized carbons (Fsp3) is 0.440. The second-order valence-corrected chi connectivity index (χ2v) is 8.74. The van der Waals surface area contributed by atoms with Crippen LogP contribution >= 0.6 is 0 Å². The number of likely N-dealkylation sites (tertiary alicyclic amines) is 1. The van der Waals surface area contributed by atoms with Crippen LogP contribution in [0, 0.1) is 5.41 Å². The lowest BCUT2D eigenvalue weighted by Crippen LogP contribution is -2.41. The molecular formula is C25H30FN5O3. The van der Waals surface area contributed by atoms with Crippen LogP contribution < -0.4 is 10.4 Å². The number of halogens is 1. The highest BCUT2D eigenvalue weighted by Crippen LogP contribution is 2.32. The molecule has 180 valence electrons. The zero-order valence-electron chi connectivity index (χ0n) is 19.4. The molecule has 1 atom stereocenters. The SMILES string of the molecule is C=C(CCOC)C(=O)n1ccc(N2CCCc3cc(C(=O)N4CCCC(F)C4)cnc32)cc1=N. The number of carbonyl (C=O) groups excluding carboxylic acids is 2. The van der Waals surface area contributed by atoms with Gasteiger partial charge in [0, 0.05) is 56.3 Å². The first-order valence-electron chi connectivity index (χ1n) is 11.6. The molecule has 1 amide bonds. The molecule has 0 bridgehead atoms. The molecule has 1 saturated heterocycles. The second kappa shape index (κ2) is 10.3. The third-order valence-electron chi connectivity index (χ3n) is 6.30. The van der Waals surface area contributed by atoms with E-state index in [0.717, 1.165) is 29.9 Å². The number of aromatic nitrogens is 2. The normalized spacial score (nSPS) is 17.9. The fourth-order valence-electron chi connectivity index (χ4n) is 4.46. The molecule has 8 nitrogen and oxygen atoms in total. The number of hydrogen-bond donors (Lipinski definition) is 1. The summed E-state index contributed by atoms with van der Waals surface area (Å²) in [6, 6.07) is 5.27. The van der Waals surface area contributed by atoms with Crippen LogP contribution in [0.4, 0.5) is 15.9 Å². The van der Waals surface area contributed by atoms with Crippen LogP contribution in [-0.2, 0) is 11.2 Å². The summed E-state index contributed by atoms with van der Waals surface area (Å²) in [7, 11) is 1.56. The number of anilines is 2. The minimum atomic E-state index is -0.970. The number of carbonyl (C=O) groups is 2. The molecular weight excluding hydrogens is 437 g/mol. The first-order chi connectivity index (χ1) is 16.4. The van der Waals surface area contributed by atoms with Crippen molar-refractivity contribution in [1.29, 1.82) is 5.41 Å². The predicted molar refractivity (Wildman–Crippen MR) is 126 cm³/mol. The van der Waals surface area contributed by atoms with Crippen LogP contribution in [0.3, 0.4) is 0 Å². The number of pyridine rings is 2. The first-order valence-corrected chi connectivity index (χ1v) is 11.6. The van der Waals surface area contributed by atoms with Gasteiger partial charge in [0.25, 0.3) is 11.8 Å². The van der Waals surface area contributed by atoms with Crippen molar-refractivity contribution in [3.63, 3.8) is 0 Å². The summed E-state index contributed by atoms with van der Waals surface area (Å²) in [4.78, 5) is 33.6. The Hall–Kier alpha value is -3.33. The summed E-state index contributed by atoms with van der Waals surface area (Å²) in [5.74, 6) is 0.219. The molecule has 2 aromatic rings. The summed E-state index contributed by atoms with van der Waals surface area (Å²) in [6.45, 7) is 5.61. The molecule has 2 aliphatic rings. The topological polar surface area (TPSA) is 91.5 Å². The third kappa shape index (κ3) is 4.94. The first kappa shape index (κ1) is 23.8. The Morgan fingerprint density at radius 3 is 2.85 bits per heavy atom. The number of fused-ring (bicyclic) bond motifs is 1. The maximum absolute atomic E-state index is 13.8. The smallest absolute Gasteiger partial charge is 0.258 e. The molecule has 0 saturated carbocycles. The molecule has 1 N–H and O–H groups in total. The third-order valence-corrected chi connectivity index (χ3v) is 6.30. The van der Waals surface area contributed by atoms with Crippen molar-refractivity contribution in [2.75, 3.05) is 38.3 Å². The molecule has 0 radical (unpaired) electrons. The van der Waals surface area contributed by atoms with Crippen LogP contribution in [0.2, 0.25) is 0 Å². The highest BCUT2D eigenvalue weighted by molar-refractivity contribution is 5.95. The van der Waals surface area contributed by atoms with E-state index in [9.17, 15) is 14.0 Å². The number of piperidine rings is 1. The van der Waals surface area contributed by atoms with Gasteiger partial charge in [-0.25, -0.2) is 9.37 Å². The Balaban J connectivity index is 1.55. The number of rotatable bonds is 6. The van der Waals surface area contributed by atoms with Crippen molar-refractivity contribution in [1.82, 2.24) is 14.5 Å². The van der Waals surface area contributed by atoms with Gasteiger partial charge in [-0.3, -0.25) is 19.6 Å². The maximum Gasteiger partial charge on any atom is 0.258 e. The quantitative estimate of drug-likeness (QED) is 0.659. The summed E-state index contributed by atoms with van der Waals surface area (Å²) in [6.07, 6.45) is 5.37. The van der Waals surface area contributed by atoms with Crippen molar-refractivity contribution in [2.24, 2.45) is 0 Å². The molecule has 0 aromatic carbocycles. The molecule has 4 heterocycles. The lowest BCUT2D eigenvalue weighted by atomic mass is 10.0. The molecule has 0 spiro atoms. The molecule has 1 fully saturated rings. The van der Waals surface area contributed by atoms with E-state index in [4.69, 9.17) is 10.1 Å². The molecule has 1 unspecified atom stereocenters. The maximum atomic E-state index is 13.8. The number of nitrogens with zero attached hydrogens (tertiary/aromatic N) is 4. The number of hydrogen-bond acceptors (Lipinski definition) is 6. The zero-order valence-corrected chi connectivity index (χ0v) is 19.4. The van der Waals surface area contributed by atoms with Crippen molar-refractivity contribution in [2.45, 2.75) is 38.3 Å². The number of nitrogens with one attached hydrogen (secondary N) is 1. The van der Waals surface area contributed by atoms with Gasteiger partial charge in [0.15, 0.2) is 0 Å². The van der Waals surface area contributed by atoms with Crippen molar-refractivity contribution >= 4 is 23.3 Å². The summed E-state index contributed by atoms with van der Waals surface area (Å²) >= 11 is 0. The van der Waals surface area contributed by atoms with Gasteiger partial charge in [-0.05, 0) is 43.4 Å². The standard InChI is InChI=1S/C25H30FN5O3/c1-17(8-12-34-2)24(32)31-11-7-21(14-22(31)27)30-10-3-5-18-13-19(15-28-23(18)30)25(33)29-9-4-6-20(26)16-29/h7,11,13-15,20,27H,1,3-6,8-10,12,16H2,2H3. The number of methoxy groups -OCH3 is 1. The second-order valence-electron chi connectivity index (χ2n) is 8.74. The van der Waals surface area contributed by atoms with Gasteiger partial charge in [-0.15, -0.1) is 0 Å². The Labute approximate surface area is 198 Å². The van der Waals surface area contributed by atoms with Gasteiger partial charge in [0.2, 0.25) is 0 Å². The summed E-state index contributed by atoms with van der Waals surface area (Å²) in [5.41, 5.74) is 2.59. The molecule has 0 aliphatic carbocycles. The highest BCUT2D eigenvalue weighted by Gasteiger charge is 2.27. The van der Waals surface area contributed by atoms with Crippen LogP contribution in [0.15, 0.2) is 42.7 Å². The Morgan fingerprint density at radius 1 is 1.29 bits per heavy atom. The van der Waals surface area contributed by atoms with Crippen molar-refractivity contribution in [3.05, 3.63) is 59.4 Å². The average Bonchev–Trinajstić information content (AvgIpc) is 2.85. The van der Waals surface area contributed by atoms with E-state index in [2.05, 4.69) is 11.6 Å². The molecule has 34 heavy (non-hydrogen) atoms. The summed E-state index contributed by atoms with van der Waals surface area (Å²) < 4.78 is 20.0. The highest BCUT2D eigenvalue weighted by atomic mass is 19.1. The van der Waals surface area contributed by atoms with Gasteiger partial charge < -0.3 is 14.5 Å². The van der Waals surface area contributed by atoms with E-state index in [-0.39, 0.29) is 23.8 Å². The van der Waals surface area contributed by atoms with E-state index in [1.165, 1.54) is 4.57 Å². The van der Waals surface area contributed by atoms with Crippen LogP contribution in [-0.4, -0.2) is 65.8 Å². The van der Waals surface area contributed by atoms with Crippen LogP contribution in [0.1, 0.15) is 46.4 Å². The minimum Gasteiger partial charge on any atom is -0.384 e. The number of aryl methyl sites for hydroxylation is 1. The molecule has 4 rings (SSSR count). The van der Waals surface area contributed by atoms with E-state index in [1.807, 2.05) is 11.0 Å². The van der Waals surface area contributed by atoms with E-state index in [1.54, 1.807) is 36.5 Å². The van der Waals surface area contributed by atoms with Crippen LogP contribution in [0.25, 0.3) is 0 Å². The summed E-state index contributed by atoms with van der Waals surface area (Å²) in [5, 5.41) is 8.38. The zero-order chi connectivity index (χ0) is 24.2. The number of alkyl halides is 1. The van der Waals surface area contributed by atoms with E-state index < -0.39 is 6.17 Å². The number of amides is 1. The molecule has 9 heteroatoms.